The molecule has 112 valence electrons. The Morgan fingerprint density at radius 1 is 1.33 bits per heavy atom. The van der Waals surface area contributed by atoms with Crippen molar-refractivity contribution in [1.82, 2.24) is 10.3 Å². The molecule has 1 fully saturated rings. The summed E-state index contributed by atoms with van der Waals surface area (Å²) in [6.07, 6.45) is 3.50. The van der Waals surface area contributed by atoms with Crippen LogP contribution >= 0.6 is 15.9 Å². The molecule has 1 aliphatic heterocycles. The zero-order valence-corrected chi connectivity index (χ0v) is 13.3. The lowest BCUT2D eigenvalue weighted by Crippen LogP contribution is -2.42. The lowest BCUT2D eigenvalue weighted by atomic mass is 10.2. The summed E-state index contributed by atoms with van der Waals surface area (Å²) in [6, 6.07) is 9.88. The predicted octanol–water partition coefficient (Wildman–Crippen LogP) is 1.86. The van der Waals surface area contributed by atoms with Crippen LogP contribution in [-0.4, -0.2) is 49.9 Å². The fourth-order valence-corrected chi connectivity index (χ4v) is 2.28. The minimum absolute atomic E-state index is 0.117. The van der Waals surface area contributed by atoms with E-state index in [9.17, 15) is 4.79 Å². The zero-order valence-electron chi connectivity index (χ0n) is 11.7. The number of benzene rings is 1. The number of rotatable bonds is 5. The van der Waals surface area contributed by atoms with E-state index in [-0.39, 0.29) is 5.91 Å². The second-order valence-electron chi connectivity index (χ2n) is 4.62. The van der Waals surface area contributed by atoms with Crippen molar-refractivity contribution in [3.05, 3.63) is 40.4 Å². The second-order valence-corrected chi connectivity index (χ2v) is 5.54. The summed E-state index contributed by atoms with van der Waals surface area (Å²) in [5.41, 5.74) is 3.59. The van der Waals surface area contributed by atoms with Gasteiger partial charge in [-0.1, -0.05) is 30.3 Å². The van der Waals surface area contributed by atoms with Gasteiger partial charge in [0.2, 0.25) is 0 Å². The van der Waals surface area contributed by atoms with E-state index in [0.29, 0.717) is 19.8 Å². The molecule has 0 spiro atoms. The molecule has 2 rings (SSSR count). The molecule has 1 aromatic rings. The number of carbonyl (C=O) groups is 1. The van der Waals surface area contributed by atoms with Gasteiger partial charge >= 0.3 is 0 Å². The summed E-state index contributed by atoms with van der Waals surface area (Å²) in [4.78, 5) is 13.8. The van der Waals surface area contributed by atoms with Gasteiger partial charge in [-0.2, -0.15) is 5.10 Å². The molecule has 1 amide bonds. The standard InChI is InChI=1S/C15H18BrN3O2/c16-14(10-13-4-2-1-3-5-13)11-17-18-15(20)12-19-6-8-21-9-7-19/h1-5,10-11H,6-9,12H2,(H,18,20)/b14-10+,17-11?. The Morgan fingerprint density at radius 3 is 2.76 bits per heavy atom. The molecule has 0 aromatic heterocycles. The van der Waals surface area contributed by atoms with Gasteiger partial charge in [-0.15, -0.1) is 0 Å². The van der Waals surface area contributed by atoms with Gasteiger partial charge in [-0.25, -0.2) is 5.43 Å². The Kier molecular flexibility index (Phi) is 6.59. The maximum absolute atomic E-state index is 11.7. The van der Waals surface area contributed by atoms with Crippen molar-refractivity contribution in [3.8, 4) is 0 Å². The van der Waals surface area contributed by atoms with Crippen molar-refractivity contribution in [2.75, 3.05) is 32.8 Å². The maximum Gasteiger partial charge on any atom is 0.254 e. The van der Waals surface area contributed by atoms with Crippen LogP contribution in [0.4, 0.5) is 0 Å². The minimum atomic E-state index is -0.117. The summed E-state index contributed by atoms with van der Waals surface area (Å²) in [5.74, 6) is -0.117. The van der Waals surface area contributed by atoms with Gasteiger partial charge in [0.25, 0.3) is 5.91 Å². The van der Waals surface area contributed by atoms with Crippen LogP contribution in [0.5, 0.6) is 0 Å². The highest BCUT2D eigenvalue weighted by Crippen LogP contribution is 2.09. The molecule has 0 saturated carbocycles. The van der Waals surface area contributed by atoms with E-state index in [1.807, 2.05) is 41.3 Å². The molecule has 6 heteroatoms. The Bertz CT molecular complexity index is 511. The van der Waals surface area contributed by atoms with E-state index >= 15 is 0 Å². The first-order valence-electron chi connectivity index (χ1n) is 6.78. The van der Waals surface area contributed by atoms with E-state index < -0.39 is 0 Å². The number of hydrogen-bond donors (Lipinski definition) is 1. The molecular weight excluding hydrogens is 334 g/mol. The highest BCUT2D eigenvalue weighted by Gasteiger charge is 2.13. The molecule has 0 unspecified atom stereocenters. The third-order valence-electron chi connectivity index (χ3n) is 2.95. The average Bonchev–Trinajstić information content (AvgIpc) is 2.49. The molecule has 1 aliphatic rings. The smallest absolute Gasteiger partial charge is 0.254 e. The van der Waals surface area contributed by atoms with E-state index in [0.717, 1.165) is 23.1 Å². The van der Waals surface area contributed by atoms with E-state index in [1.165, 1.54) is 0 Å². The number of hydrogen-bond acceptors (Lipinski definition) is 4. The minimum Gasteiger partial charge on any atom is -0.379 e. The lowest BCUT2D eigenvalue weighted by Gasteiger charge is -2.25. The number of carbonyl (C=O) groups excluding carboxylic acids is 1. The van der Waals surface area contributed by atoms with Crippen molar-refractivity contribution < 1.29 is 9.53 Å². The normalized spacial score (nSPS) is 17.1. The summed E-state index contributed by atoms with van der Waals surface area (Å²) >= 11 is 3.40. The molecule has 1 heterocycles. The molecule has 0 bridgehead atoms. The number of nitrogens with one attached hydrogen (secondary N) is 1. The number of nitrogens with zero attached hydrogens (tertiary/aromatic N) is 2. The third-order valence-corrected chi connectivity index (χ3v) is 3.39. The first-order chi connectivity index (χ1) is 10.2. The molecule has 0 aliphatic carbocycles. The van der Waals surface area contributed by atoms with Gasteiger partial charge in [0.15, 0.2) is 0 Å². The summed E-state index contributed by atoms with van der Waals surface area (Å²) in [7, 11) is 0. The molecule has 5 nitrogen and oxygen atoms in total. The van der Waals surface area contributed by atoms with Crippen LogP contribution in [0.25, 0.3) is 6.08 Å². The topological polar surface area (TPSA) is 53.9 Å². The van der Waals surface area contributed by atoms with Crippen LogP contribution in [0.3, 0.4) is 0 Å². The van der Waals surface area contributed by atoms with Crippen LogP contribution in [0, 0.1) is 0 Å². The fourth-order valence-electron chi connectivity index (χ4n) is 1.91. The van der Waals surface area contributed by atoms with Crippen molar-refractivity contribution >= 4 is 34.1 Å². The first kappa shape index (κ1) is 15.9. The average molecular weight is 352 g/mol. The van der Waals surface area contributed by atoms with Gasteiger partial charge in [-0.05, 0) is 27.6 Å². The molecule has 1 aromatic carbocycles. The van der Waals surface area contributed by atoms with Crippen molar-refractivity contribution in [2.24, 2.45) is 5.10 Å². The molecule has 1 N–H and O–H groups in total. The fraction of sp³-hybridized carbons (Fsp3) is 0.333. The Morgan fingerprint density at radius 2 is 2.05 bits per heavy atom. The Labute approximate surface area is 132 Å². The lowest BCUT2D eigenvalue weighted by molar-refractivity contribution is -0.123. The van der Waals surface area contributed by atoms with E-state index in [2.05, 4.69) is 26.5 Å². The Balaban J connectivity index is 1.76. The molecule has 0 atom stereocenters. The first-order valence-corrected chi connectivity index (χ1v) is 7.57. The summed E-state index contributed by atoms with van der Waals surface area (Å²) in [6.45, 7) is 3.29. The van der Waals surface area contributed by atoms with Crippen LogP contribution < -0.4 is 5.43 Å². The van der Waals surface area contributed by atoms with Gasteiger partial charge in [0.1, 0.15) is 0 Å². The molecule has 0 radical (unpaired) electrons. The second kappa shape index (κ2) is 8.71. The largest absolute Gasteiger partial charge is 0.379 e. The number of morpholine rings is 1. The molecular formula is C15H18BrN3O2. The van der Waals surface area contributed by atoms with Crippen LogP contribution in [0.15, 0.2) is 39.9 Å². The Hall–Kier alpha value is -1.50. The van der Waals surface area contributed by atoms with Gasteiger partial charge < -0.3 is 4.74 Å². The van der Waals surface area contributed by atoms with Crippen LogP contribution in [0.2, 0.25) is 0 Å². The van der Waals surface area contributed by atoms with E-state index in [4.69, 9.17) is 4.74 Å². The number of allylic oxidation sites excluding steroid dienone is 1. The molecule has 21 heavy (non-hydrogen) atoms. The highest BCUT2D eigenvalue weighted by molar-refractivity contribution is 9.12. The number of ether oxygens (including phenoxy) is 1. The monoisotopic (exact) mass is 351 g/mol. The molecule has 1 saturated heterocycles. The summed E-state index contributed by atoms with van der Waals surface area (Å²) in [5, 5.41) is 3.94. The predicted molar refractivity (Wildman–Crippen MR) is 87.2 cm³/mol. The van der Waals surface area contributed by atoms with Gasteiger partial charge in [-0.3, -0.25) is 9.69 Å². The number of amides is 1. The third kappa shape index (κ3) is 6.20. The van der Waals surface area contributed by atoms with Gasteiger partial charge in [0.05, 0.1) is 26.0 Å². The number of hydrazone groups is 1. The van der Waals surface area contributed by atoms with E-state index in [1.54, 1.807) is 6.21 Å². The number of halogens is 1. The maximum atomic E-state index is 11.7. The SMILES string of the molecule is O=C(CN1CCOCC1)NN=C/C(Br)=C\c1ccccc1. The van der Waals surface area contributed by atoms with Crippen LogP contribution in [-0.2, 0) is 9.53 Å². The van der Waals surface area contributed by atoms with Crippen molar-refractivity contribution in [2.45, 2.75) is 0 Å². The van der Waals surface area contributed by atoms with Gasteiger partial charge in [0, 0.05) is 17.6 Å². The van der Waals surface area contributed by atoms with Crippen molar-refractivity contribution in [1.29, 1.82) is 0 Å². The van der Waals surface area contributed by atoms with Crippen LogP contribution in [0.1, 0.15) is 5.56 Å². The highest BCUT2D eigenvalue weighted by atomic mass is 79.9. The zero-order chi connectivity index (χ0) is 14.9. The van der Waals surface area contributed by atoms with Crippen molar-refractivity contribution in [3.63, 3.8) is 0 Å². The summed E-state index contributed by atoms with van der Waals surface area (Å²) < 4.78 is 6.03. The quantitative estimate of drug-likeness (QED) is 0.650.